The summed E-state index contributed by atoms with van der Waals surface area (Å²) in [6, 6.07) is 3.04. The Kier molecular flexibility index (Phi) is 8.76. The van der Waals surface area contributed by atoms with Crippen molar-refractivity contribution in [1.82, 2.24) is 20.5 Å². The predicted molar refractivity (Wildman–Crippen MR) is 132 cm³/mol. The van der Waals surface area contributed by atoms with Gasteiger partial charge in [0.05, 0.1) is 12.1 Å². The van der Waals surface area contributed by atoms with Crippen LogP contribution in [0.15, 0.2) is 30.5 Å². The van der Waals surface area contributed by atoms with Crippen LogP contribution in [-0.4, -0.2) is 86.4 Å². The highest BCUT2D eigenvalue weighted by molar-refractivity contribution is 7.80. The molecule has 1 aliphatic heterocycles. The summed E-state index contributed by atoms with van der Waals surface area (Å²) in [6.45, 7) is 1.58. The molecule has 2 aromatic rings. The fraction of sp³-hybridized carbons (Fsp3) is 0.478. The summed E-state index contributed by atoms with van der Waals surface area (Å²) >= 11 is 3.96. The third-order valence-corrected chi connectivity index (χ3v) is 6.53. The fourth-order valence-corrected chi connectivity index (χ4v) is 4.37. The summed E-state index contributed by atoms with van der Waals surface area (Å²) in [4.78, 5) is 54.7. The largest absolute Gasteiger partial charge is 0.480 e. The monoisotopic (exact) mass is 505 g/mol. The van der Waals surface area contributed by atoms with E-state index in [1.165, 1.54) is 11.8 Å². The molecule has 35 heavy (non-hydrogen) atoms. The van der Waals surface area contributed by atoms with Crippen molar-refractivity contribution in [2.45, 2.75) is 56.5 Å². The van der Waals surface area contributed by atoms with Crippen LogP contribution in [0.3, 0.4) is 0 Å². The first-order valence-electron chi connectivity index (χ1n) is 11.4. The standard InChI is InChI=1S/C23H31N5O6S/c1-12(29)19(27-20(30)15(24)11-35)22(32)28-8-4-7-18(28)21(31)26-17(23(33)34)9-13-10-25-16-6-3-2-5-14(13)16/h2-3,5-6,10,12,15,17-19,25,29,35H,4,7-9,11,24H2,1H3,(H,26,31)(H,27,30)(H,33,34). The Labute approximate surface area is 207 Å². The van der Waals surface area contributed by atoms with Crippen LogP contribution in [-0.2, 0) is 25.6 Å². The summed E-state index contributed by atoms with van der Waals surface area (Å²) in [7, 11) is 0. The Hall–Kier alpha value is -3.09. The number of rotatable bonds is 10. The number of carboxylic acid groups (broad SMARTS) is 1. The summed E-state index contributed by atoms with van der Waals surface area (Å²) in [5.41, 5.74) is 7.25. The molecular weight excluding hydrogens is 474 g/mol. The van der Waals surface area contributed by atoms with Gasteiger partial charge >= 0.3 is 5.97 Å². The number of aliphatic hydroxyl groups excluding tert-OH is 1. The van der Waals surface area contributed by atoms with Gasteiger partial charge in [0.1, 0.15) is 18.1 Å². The van der Waals surface area contributed by atoms with Gasteiger partial charge in [-0.15, -0.1) is 0 Å². The number of likely N-dealkylation sites (tertiary alicyclic amines) is 1. The number of H-pyrrole nitrogens is 1. The van der Waals surface area contributed by atoms with E-state index in [0.29, 0.717) is 12.8 Å². The zero-order chi connectivity index (χ0) is 25.7. The fourth-order valence-electron chi connectivity index (χ4n) is 4.20. The lowest BCUT2D eigenvalue weighted by atomic mass is 10.0. The Morgan fingerprint density at radius 2 is 1.97 bits per heavy atom. The average molecular weight is 506 g/mol. The maximum absolute atomic E-state index is 13.2. The van der Waals surface area contributed by atoms with Gasteiger partial charge in [-0.2, -0.15) is 12.6 Å². The number of nitrogens with one attached hydrogen (secondary N) is 3. The quantitative estimate of drug-likeness (QED) is 0.211. The van der Waals surface area contributed by atoms with Crippen LogP contribution in [0.2, 0.25) is 0 Å². The SMILES string of the molecule is CC(O)C(NC(=O)C(N)CS)C(=O)N1CCCC1C(=O)NC(Cc1c[nH]c2ccccc12)C(=O)O. The molecule has 0 bridgehead atoms. The van der Waals surface area contributed by atoms with Crippen LogP contribution in [0.25, 0.3) is 10.9 Å². The number of carboxylic acids is 1. The van der Waals surface area contributed by atoms with Crippen molar-refractivity contribution in [2.24, 2.45) is 5.73 Å². The Bertz CT molecular complexity index is 1090. The first-order chi connectivity index (χ1) is 16.6. The molecule has 3 amide bonds. The molecule has 0 radical (unpaired) electrons. The molecule has 0 saturated carbocycles. The lowest BCUT2D eigenvalue weighted by Gasteiger charge is -2.31. The highest BCUT2D eigenvalue weighted by atomic mass is 32.1. The molecular formula is C23H31N5O6S. The number of amides is 3. The van der Waals surface area contributed by atoms with E-state index in [1.54, 1.807) is 6.20 Å². The highest BCUT2D eigenvalue weighted by Crippen LogP contribution is 2.22. The number of aliphatic hydroxyl groups is 1. The van der Waals surface area contributed by atoms with Gasteiger partial charge in [-0.3, -0.25) is 14.4 Å². The molecule has 1 aromatic heterocycles. The molecule has 1 aliphatic rings. The number of fused-ring (bicyclic) bond motifs is 1. The minimum atomic E-state index is -1.30. The van der Waals surface area contributed by atoms with Crippen molar-refractivity contribution >= 4 is 47.2 Å². The van der Waals surface area contributed by atoms with Crippen LogP contribution < -0.4 is 16.4 Å². The van der Waals surface area contributed by atoms with Gasteiger partial charge in [0.2, 0.25) is 17.7 Å². The molecule has 12 heteroatoms. The van der Waals surface area contributed by atoms with E-state index in [-0.39, 0.29) is 18.7 Å². The maximum atomic E-state index is 13.2. The Balaban J connectivity index is 1.72. The lowest BCUT2D eigenvalue weighted by molar-refractivity contribution is -0.146. The number of aromatic nitrogens is 1. The van der Waals surface area contributed by atoms with E-state index in [0.717, 1.165) is 16.5 Å². The Morgan fingerprint density at radius 1 is 1.26 bits per heavy atom. The van der Waals surface area contributed by atoms with Gasteiger partial charge in [-0.25, -0.2) is 4.79 Å². The zero-order valence-electron chi connectivity index (χ0n) is 19.3. The number of aliphatic carboxylic acids is 1. The normalized spacial score (nSPS) is 19.1. The van der Waals surface area contributed by atoms with E-state index in [9.17, 15) is 29.4 Å². The number of para-hydroxylation sites is 1. The number of carbonyl (C=O) groups is 4. The number of benzene rings is 1. The van der Waals surface area contributed by atoms with Crippen molar-refractivity contribution in [3.63, 3.8) is 0 Å². The van der Waals surface area contributed by atoms with E-state index < -0.39 is 54.0 Å². The second-order valence-electron chi connectivity index (χ2n) is 8.67. The summed E-state index contributed by atoms with van der Waals surface area (Å²) < 4.78 is 0. The lowest BCUT2D eigenvalue weighted by Crippen LogP contribution is -2.59. The highest BCUT2D eigenvalue weighted by Gasteiger charge is 2.40. The molecule has 1 saturated heterocycles. The minimum Gasteiger partial charge on any atom is -0.480 e. The molecule has 3 rings (SSSR count). The molecule has 7 N–H and O–H groups in total. The number of carbonyl (C=O) groups excluding carboxylic acids is 3. The van der Waals surface area contributed by atoms with Crippen molar-refractivity contribution in [2.75, 3.05) is 12.3 Å². The van der Waals surface area contributed by atoms with Crippen LogP contribution in [0.4, 0.5) is 0 Å². The molecule has 2 heterocycles. The van der Waals surface area contributed by atoms with Crippen molar-refractivity contribution in [1.29, 1.82) is 0 Å². The van der Waals surface area contributed by atoms with Crippen LogP contribution >= 0.6 is 12.6 Å². The summed E-state index contributed by atoms with van der Waals surface area (Å²) in [5, 5.41) is 25.7. The van der Waals surface area contributed by atoms with E-state index in [4.69, 9.17) is 5.73 Å². The topological polar surface area (TPSA) is 178 Å². The van der Waals surface area contributed by atoms with E-state index >= 15 is 0 Å². The molecule has 190 valence electrons. The van der Waals surface area contributed by atoms with Gasteiger partial charge in [0, 0.05) is 35.8 Å². The third kappa shape index (κ3) is 6.13. The second kappa shape index (κ2) is 11.6. The van der Waals surface area contributed by atoms with E-state index in [1.807, 2.05) is 24.3 Å². The second-order valence-corrected chi connectivity index (χ2v) is 9.03. The van der Waals surface area contributed by atoms with Crippen molar-refractivity contribution in [3.8, 4) is 0 Å². The molecule has 5 atom stereocenters. The van der Waals surface area contributed by atoms with Crippen molar-refractivity contribution in [3.05, 3.63) is 36.0 Å². The first kappa shape index (κ1) is 26.5. The molecule has 5 unspecified atom stereocenters. The molecule has 11 nitrogen and oxygen atoms in total. The van der Waals surface area contributed by atoms with Gasteiger partial charge in [-0.1, -0.05) is 18.2 Å². The number of nitrogens with zero attached hydrogens (tertiary/aromatic N) is 1. The van der Waals surface area contributed by atoms with Gasteiger partial charge in [-0.05, 0) is 31.4 Å². The number of hydrogen-bond donors (Lipinski definition) is 7. The van der Waals surface area contributed by atoms with Crippen molar-refractivity contribution < 1.29 is 29.4 Å². The Morgan fingerprint density at radius 3 is 2.63 bits per heavy atom. The maximum Gasteiger partial charge on any atom is 0.326 e. The molecule has 1 aromatic carbocycles. The number of hydrogen-bond acceptors (Lipinski definition) is 7. The van der Waals surface area contributed by atoms with Crippen LogP contribution in [0, 0.1) is 0 Å². The smallest absolute Gasteiger partial charge is 0.326 e. The van der Waals surface area contributed by atoms with E-state index in [2.05, 4.69) is 28.2 Å². The zero-order valence-corrected chi connectivity index (χ0v) is 20.2. The number of nitrogens with two attached hydrogens (primary N) is 1. The van der Waals surface area contributed by atoms with Crippen LogP contribution in [0.1, 0.15) is 25.3 Å². The number of aromatic amines is 1. The molecule has 0 spiro atoms. The first-order valence-corrected chi connectivity index (χ1v) is 12.0. The molecule has 0 aliphatic carbocycles. The van der Waals surface area contributed by atoms with Gasteiger partial charge in [0.25, 0.3) is 0 Å². The summed E-state index contributed by atoms with van der Waals surface area (Å²) in [5.74, 6) is -3.04. The molecule has 1 fully saturated rings. The average Bonchev–Trinajstić information content (AvgIpc) is 3.48. The third-order valence-electron chi connectivity index (χ3n) is 6.13. The minimum absolute atomic E-state index is 0.0499. The van der Waals surface area contributed by atoms with Crippen LogP contribution in [0.5, 0.6) is 0 Å². The summed E-state index contributed by atoms with van der Waals surface area (Å²) in [6.07, 6.45) is 1.37. The van der Waals surface area contributed by atoms with Gasteiger partial charge in [0.15, 0.2) is 0 Å². The van der Waals surface area contributed by atoms with Gasteiger partial charge < -0.3 is 36.5 Å². The predicted octanol–water partition coefficient (Wildman–Crippen LogP) is -0.606. The number of thiol groups is 1.